The zero-order valence-electron chi connectivity index (χ0n) is 13.0. The van der Waals surface area contributed by atoms with Crippen LogP contribution < -0.4 is 0 Å². The van der Waals surface area contributed by atoms with E-state index in [4.69, 9.17) is 11.6 Å². The maximum Gasteiger partial charge on any atom is 0.262 e. The number of fused-ring (bicyclic) bond motifs is 2. The van der Waals surface area contributed by atoms with E-state index in [0.29, 0.717) is 22.2 Å². The highest BCUT2D eigenvalue weighted by atomic mass is 35.5. The van der Waals surface area contributed by atoms with Gasteiger partial charge in [-0.15, -0.1) is 0 Å². The van der Waals surface area contributed by atoms with E-state index < -0.39 is 23.7 Å². The zero-order valence-corrected chi connectivity index (χ0v) is 13.8. The summed E-state index contributed by atoms with van der Waals surface area (Å²) in [5.41, 5.74) is 1.74. The lowest BCUT2D eigenvalue weighted by atomic mass is 10.1. The predicted molar refractivity (Wildman–Crippen MR) is 89.9 cm³/mol. The second kappa shape index (κ2) is 5.60. The van der Waals surface area contributed by atoms with Crippen LogP contribution >= 0.6 is 11.6 Å². The lowest BCUT2D eigenvalue weighted by molar-refractivity contribution is 0.0592. The van der Waals surface area contributed by atoms with Gasteiger partial charge in [-0.3, -0.25) is 14.5 Å². The molecule has 0 saturated heterocycles. The number of carbonyl (C=O) groups excluding carboxylic acids is 2. The standard InChI is InChI=1S/C18H11ClFN3O2/c1-9(23-17(24)11-4-2-3-5-12(11)18(23)25)15-16(19)22-14-8-10(20)6-7-13(14)21-15/h2-9H,1H3. The van der Waals surface area contributed by atoms with Crippen molar-refractivity contribution in [2.24, 2.45) is 0 Å². The topological polar surface area (TPSA) is 63.2 Å². The molecule has 1 aliphatic rings. The van der Waals surface area contributed by atoms with Gasteiger partial charge in [0.25, 0.3) is 11.8 Å². The van der Waals surface area contributed by atoms with Gasteiger partial charge in [-0.25, -0.2) is 14.4 Å². The average molecular weight is 356 g/mol. The van der Waals surface area contributed by atoms with Crippen molar-refractivity contribution < 1.29 is 14.0 Å². The van der Waals surface area contributed by atoms with Gasteiger partial charge >= 0.3 is 0 Å². The smallest absolute Gasteiger partial charge is 0.262 e. The molecule has 0 radical (unpaired) electrons. The van der Waals surface area contributed by atoms with Gasteiger partial charge in [0, 0.05) is 6.07 Å². The summed E-state index contributed by atoms with van der Waals surface area (Å²) >= 11 is 6.19. The summed E-state index contributed by atoms with van der Waals surface area (Å²) < 4.78 is 13.3. The summed E-state index contributed by atoms with van der Waals surface area (Å²) in [5.74, 6) is -1.24. The summed E-state index contributed by atoms with van der Waals surface area (Å²) in [4.78, 5) is 34.9. The summed E-state index contributed by atoms with van der Waals surface area (Å²) in [6.07, 6.45) is 0. The number of imide groups is 1. The highest BCUT2D eigenvalue weighted by molar-refractivity contribution is 6.30. The molecule has 3 aromatic rings. The highest BCUT2D eigenvalue weighted by Gasteiger charge is 2.39. The third kappa shape index (κ3) is 2.37. The first-order valence-electron chi connectivity index (χ1n) is 7.57. The molecule has 0 saturated carbocycles. The number of nitrogens with zero attached hydrogens (tertiary/aromatic N) is 3. The van der Waals surface area contributed by atoms with Gasteiger partial charge in [0.15, 0.2) is 5.15 Å². The van der Waals surface area contributed by atoms with E-state index in [1.165, 1.54) is 18.2 Å². The molecule has 5 nitrogen and oxygen atoms in total. The second-order valence-electron chi connectivity index (χ2n) is 5.73. The van der Waals surface area contributed by atoms with E-state index in [-0.39, 0.29) is 10.8 Å². The molecule has 2 amide bonds. The van der Waals surface area contributed by atoms with Gasteiger partial charge in [0.1, 0.15) is 11.5 Å². The minimum absolute atomic E-state index is 0.0298. The number of rotatable bonds is 2. The summed E-state index contributed by atoms with van der Waals surface area (Å²) in [6.45, 7) is 1.66. The predicted octanol–water partition coefficient (Wildman–Crippen LogP) is 3.78. The van der Waals surface area contributed by atoms with Crippen molar-refractivity contribution in [2.75, 3.05) is 0 Å². The van der Waals surface area contributed by atoms with Gasteiger partial charge in [-0.1, -0.05) is 23.7 Å². The van der Waals surface area contributed by atoms with Crippen LogP contribution in [-0.2, 0) is 0 Å². The molecule has 0 aliphatic carbocycles. The van der Waals surface area contributed by atoms with E-state index in [1.807, 2.05) is 0 Å². The number of carbonyl (C=O) groups is 2. The molecule has 1 aliphatic heterocycles. The summed E-state index contributed by atoms with van der Waals surface area (Å²) in [5, 5.41) is 0.0298. The number of halogens is 2. The third-order valence-electron chi connectivity index (χ3n) is 4.22. The SMILES string of the molecule is CC(c1nc2ccc(F)cc2nc1Cl)N1C(=O)c2ccccc2C1=O. The zero-order chi connectivity index (χ0) is 17.7. The molecule has 2 aromatic carbocycles. The monoisotopic (exact) mass is 355 g/mol. The normalized spacial score (nSPS) is 14.9. The van der Waals surface area contributed by atoms with E-state index in [2.05, 4.69) is 9.97 Å². The Kier molecular flexibility index (Phi) is 3.51. The maximum absolute atomic E-state index is 13.3. The van der Waals surface area contributed by atoms with Crippen LogP contribution in [0.25, 0.3) is 11.0 Å². The Balaban J connectivity index is 1.79. The van der Waals surface area contributed by atoms with Crippen molar-refractivity contribution in [3.05, 3.63) is 70.3 Å². The second-order valence-corrected chi connectivity index (χ2v) is 6.09. The Morgan fingerprint density at radius 2 is 1.64 bits per heavy atom. The Bertz CT molecular complexity index is 1020. The van der Waals surface area contributed by atoms with Gasteiger partial charge in [-0.2, -0.15) is 0 Å². The van der Waals surface area contributed by atoms with Crippen LogP contribution in [0.3, 0.4) is 0 Å². The minimum Gasteiger partial charge on any atom is -0.269 e. The van der Waals surface area contributed by atoms with Crippen LogP contribution in [0, 0.1) is 5.82 Å². The number of hydrogen-bond donors (Lipinski definition) is 0. The molecule has 2 heterocycles. The van der Waals surface area contributed by atoms with Crippen molar-refractivity contribution in [1.29, 1.82) is 0 Å². The van der Waals surface area contributed by atoms with E-state index >= 15 is 0 Å². The summed E-state index contributed by atoms with van der Waals surface area (Å²) in [6, 6.07) is 9.89. The fourth-order valence-corrected chi connectivity index (χ4v) is 3.26. The lowest BCUT2D eigenvalue weighted by Crippen LogP contribution is -2.33. The molecule has 25 heavy (non-hydrogen) atoms. The summed E-state index contributed by atoms with van der Waals surface area (Å²) in [7, 11) is 0. The number of benzene rings is 2. The quantitative estimate of drug-likeness (QED) is 0.656. The Morgan fingerprint density at radius 3 is 2.28 bits per heavy atom. The highest BCUT2D eigenvalue weighted by Crippen LogP contribution is 2.33. The number of hydrogen-bond acceptors (Lipinski definition) is 4. The molecule has 124 valence electrons. The van der Waals surface area contributed by atoms with Gasteiger partial charge < -0.3 is 0 Å². The van der Waals surface area contributed by atoms with Crippen molar-refractivity contribution in [1.82, 2.24) is 14.9 Å². The number of aromatic nitrogens is 2. The molecule has 7 heteroatoms. The van der Waals surface area contributed by atoms with Crippen LogP contribution in [0.15, 0.2) is 42.5 Å². The first-order chi connectivity index (χ1) is 12.0. The fourth-order valence-electron chi connectivity index (χ4n) is 2.97. The van der Waals surface area contributed by atoms with E-state index in [9.17, 15) is 14.0 Å². The van der Waals surface area contributed by atoms with Crippen molar-refractivity contribution in [3.63, 3.8) is 0 Å². The van der Waals surface area contributed by atoms with Gasteiger partial charge in [0.2, 0.25) is 0 Å². The molecule has 0 bridgehead atoms. The minimum atomic E-state index is -0.707. The molecule has 0 fully saturated rings. The largest absolute Gasteiger partial charge is 0.269 e. The molecule has 0 spiro atoms. The number of amides is 2. The Labute approximate surface area is 147 Å². The molecule has 1 atom stereocenters. The average Bonchev–Trinajstić information content (AvgIpc) is 2.85. The van der Waals surface area contributed by atoms with E-state index in [0.717, 1.165) is 4.90 Å². The molecule has 4 rings (SSSR count). The van der Waals surface area contributed by atoms with Crippen LogP contribution in [0.1, 0.15) is 39.4 Å². The third-order valence-corrected chi connectivity index (χ3v) is 4.49. The lowest BCUT2D eigenvalue weighted by Gasteiger charge is -2.22. The van der Waals surface area contributed by atoms with Crippen molar-refractivity contribution in [3.8, 4) is 0 Å². The molecule has 1 aromatic heterocycles. The van der Waals surface area contributed by atoms with Gasteiger partial charge in [0.05, 0.1) is 28.2 Å². The van der Waals surface area contributed by atoms with Crippen molar-refractivity contribution in [2.45, 2.75) is 13.0 Å². The first-order valence-corrected chi connectivity index (χ1v) is 7.95. The molecule has 1 unspecified atom stereocenters. The molecular formula is C18H11ClFN3O2. The maximum atomic E-state index is 13.3. The van der Waals surface area contributed by atoms with Crippen LogP contribution in [0.4, 0.5) is 4.39 Å². The fraction of sp³-hybridized carbons (Fsp3) is 0.111. The molecule has 0 N–H and O–H groups in total. The molecular weight excluding hydrogens is 345 g/mol. The van der Waals surface area contributed by atoms with Crippen molar-refractivity contribution >= 4 is 34.4 Å². The van der Waals surface area contributed by atoms with Gasteiger partial charge in [-0.05, 0) is 31.2 Å². The van der Waals surface area contributed by atoms with E-state index in [1.54, 1.807) is 31.2 Å². The Morgan fingerprint density at radius 1 is 1.00 bits per heavy atom. The van der Waals surface area contributed by atoms with Crippen LogP contribution in [-0.4, -0.2) is 26.7 Å². The Hall–Kier alpha value is -2.86. The first kappa shape index (κ1) is 15.7. The van der Waals surface area contributed by atoms with Crippen LogP contribution in [0.2, 0.25) is 5.15 Å². The van der Waals surface area contributed by atoms with Crippen LogP contribution in [0.5, 0.6) is 0 Å².